The molecule has 0 amide bonds. The lowest BCUT2D eigenvalue weighted by Crippen LogP contribution is -2.16. The maximum Gasteiger partial charge on any atom is 0.0592 e. The molecule has 0 aliphatic rings. The largest absolute Gasteiger partial charge is 0.369 e. The fraction of sp³-hybridized carbons (Fsp3) is 0.167. The Labute approximate surface area is 103 Å². The van der Waals surface area contributed by atoms with E-state index in [0.29, 0.717) is 0 Å². The fourth-order valence-corrected chi connectivity index (χ4v) is 2.08. The first kappa shape index (κ1) is 11.1. The first-order valence-corrected chi connectivity index (χ1v) is 5.76. The molecule has 0 saturated carbocycles. The molecule has 0 N–H and O–H groups in total. The number of hydrogen-bond acceptors (Lipinski definition) is 3. The van der Waals surface area contributed by atoms with Crippen LogP contribution in [0.15, 0.2) is 47.5 Å². The molecular weight excluding hydrogens is 266 g/mol. The van der Waals surface area contributed by atoms with E-state index in [-0.39, 0.29) is 0 Å². The molecule has 2 aromatic rings. The van der Waals surface area contributed by atoms with Gasteiger partial charge in [0, 0.05) is 38.4 Å². The first-order valence-electron chi connectivity index (χ1n) is 4.97. The molecule has 2 rings (SSSR count). The highest BCUT2D eigenvalue weighted by atomic mass is 79.9. The minimum atomic E-state index is 0.830. The number of nitrogens with zero attached hydrogens (tertiary/aromatic N) is 3. The molecule has 0 aliphatic heterocycles. The highest BCUT2D eigenvalue weighted by Crippen LogP contribution is 2.24. The van der Waals surface area contributed by atoms with Crippen LogP contribution in [-0.2, 0) is 6.54 Å². The molecule has 82 valence electrons. The molecule has 0 aliphatic carbocycles. The summed E-state index contributed by atoms with van der Waals surface area (Å²) in [4.78, 5) is 10.3. The third-order valence-electron chi connectivity index (χ3n) is 2.30. The van der Waals surface area contributed by atoms with Gasteiger partial charge in [0.2, 0.25) is 0 Å². The normalized spacial score (nSPS) is 10.1. The van der Waals surface area contributed by atoms with Gasteiger partial charge in [-0.25, -0.2) is 0 Å². The monoisotopic (exact) mass is 277 g/mol. The van der Waals surface area contributed by atoms with E-state index in [4.69, 9.17) is 0 Å². The Hall–Kier alpha value is -1.42. The maximum absolute atomic E-state index is 4.10. The summed E-state index contributed by atoms with van der Waals surface area (Å²) in [6.45, 7) is 0.830. The Kier molecular flexibility index (Phi) is 3.51. The van der Waals surface area contributed by atoms with Crippen LogP contribution in [0.25, 0.3) is 0 Å². The summed E-state index contributed by atoms with van der Waals surface area (Å²) >= 11 is 3.49. The number of rotatable bonds is 3. The third kappa shape index (κ3) is 2.58. The molecule has 0 fully saturated rings. The van der Waals surface area contributed by atoms with Crippen LogP contribution in [0.2, 0.25) is 0 Å². The van der Waals surface area contributed by atoms with Crippen LogP contribution < -0.4 is 4.90 Å². The Bertz CT molecular complexity index is 459. The van der Waals surface area contributed by atoms with Gasteiger partial charge in [-0.15, -0.1) is 0 Å². The van der Waals surface area contributed by atoms with Crippen LogP contribution in [0.1, 0.15) is 5.56 Å². The molecule has 0 saturated heterocycles. The predicted octanol–water partition coefficient (Wildman–Crippen LogP) is 2.88. The quantitative estimate of drug-likeness (QED) is 0.864. The van der Waals surface area contributed by atoms with Gasteiger partial charge in [0.15, 0.2) is 0 Å². The highest BCUT2D eigenvalue weighted by molar-refractivity contribution is 9.10. The van der Waals surface area contributed by atoms with Gasteiger partial charge >= 0.3 is 0 Å². The van der Waals surface area contributed by atoms with Gasteiger partial charge in [-0.1, -0.05) is 6.07 Å². The summed E-state index contributed by atoms with van der Waals surface area (Å²) in [5.41, 5.74) is 2.31. The summed E-state index contributed by atoms with van der Waals surface area (Å²) < 4.78 is 1.00. The molecule has 4 heteroatoms. The van der Waals surface area contributed by atoms with Gasteiger partial charge in [-0.05, 0) is 33.6 Å². The Morgan fingerprint density at radius 3 is 2.69 bits per heavy atom. The zero-order valence-electron chi connectivity index (χ0n) is 8.97. The van der Waals surface area contributed by atoms with E-state index in [1.54, 1.807) is 18.6 Å². The van der Waals surface area contributed by atoms with Gasteiger partial charge in [-0.3, -0.25) is 9.97 Å². The van der Waals surface area contributed by atoms with Crippen molar-refractivity contribution in [3.63, 3.8) is 0 Å². The molecule has 0 atom stereocenters. The Morgan fingerprint density at radius 1 is 1.19 bits per heavy atom. The summed E-state index contributed by atoms with van der Waals surface area (Å²) in [5.74, 6) is 0. The Morgan fingerprint density at radius 2 is 2.00 bits per heavy atom. The van der Waals surface area contributed by atoms with Crippen molar-refractivity contribution in [2.24, 2.45) is 0 Å². The van der Waals surface area contributed by atoms with Gasteiger partial charge in [-0.2, -0.15) is 0 Å². The van der Waals surface area contributed by atoms with E-state index in [1.807, 2.05) is 25.4 Å². The zero-order chi connectivity index (χ0) is 11.4. The van der Waals surface area contributed by atoms with Crippen LogP contribution in [0, 0.1) is 0 Å². The summed E-state index contributed by atoms with van der Waals surface area (Å²) in [7, 11) is 2.05. The second-order valence-corrected chi connectivity index (χ2v) is 4.40. The van der Waals surface area contributed by atoms with Crippen molar-refractivity contribution in [1.82, 2.24) is 9.97 Å². The number of aromatic nitrogens is 2. The van der Waals surface area contributed by atoms with Crippen molar-refractivity contribution < 1.29 is 0 Å². The summed E-state index contributed by atoms with van der Waals surface area (Å²) in [5, 5.41) is 0. The van der Waals surface area contributed by atoms with Gasteiger partial charge in [0.1, 0.15) is 0 Å². The SMILES string of the molecule is CN(Cc1cccnc1)c1ccncc1Br. The van der Waals surface area contributed by atoms with Crippen molar-refractivity contribution in [2.45, 2.75) is 6.54 Å². The van der Waals surface area contributed by atoms with E-state index in [1.165, 1.54) is 5.56 Å². The Balaban J connectivity index is 2.15. The highest BCUT2D eigenvalue weighted by Gasteiger charge is 2.05. The minimum absolute atomic E-state index is 0.830. The predicted molar refractivity (Wildman–Crippen MR) is 68.3 cm³/mol. The van der Waals surface area contributed by atoms with Crippen molar-refractivity contribution in [2.75, 3.05) is 11.9 Å². The molecule has 2 heterocycles. The van der Waals surface area contributed by atoms with Crippen LogP contribution in [0.4, 0.5) is 5.69 Å². The van der Waals surface area contributed by atoms with E-state index in [0.717, 1.165) is 16.7 Å². The van der Waals surface area contributed by atoms with E-state index in [2.05, 4.69) is 36.9 Å². The molecule has 16 heavy (non-hydrogen) atoms. The topological polar surface area (TPSA) is 29.0 Å². The van der Waals surface area contributed by atoms with Crippen LogP contribution in [0.3, 0.4) is 0 Å². The van der Waals surface area contributed by atoms with Gasteiger partial charge in [0.25, 0.3) is 0 Å². The number of pyridine rings is 2. The second kappa shape index (κ2) is 5.07. The minimum Gasteiger partial charge on any atom is -0.369 e. The van der Waals surface area contributed by atoms with Gasteiger partial charge in [0.05, 0.1) is 10.2 Å². The lowest BCUT2D eigenvalue weighted by molar-refractivity contribution is 0.910. The molecule has 0 bridgehead atoms. The van der Waals surface area contributed by atoms with Crippen molar-refractivity contribution >= 4 is 21.6 Å². The standard InChI is InChI=1S/C12H12BrN3/c1-16(9-10-3-2-5-14-7-10)12-4-6-15-8-11(12)13/h2-8H,9H2,1H3. The lowest BCUT2D eigenvalue weighted by Gasteiger charge is -2.20. The van der Waals surface area contributed by atoms with Crippen LogP contribution in [-0.4, -0.2) is 17.0 Å². The van der Waals surface area contributed by atoms with Crippen molar-refractivity contribution in [3.8, 4) is 0 Å². The summed E-state index contributed by atoms with van der Waals surface area (Å²) in [6, 6.07) is 6.00. The first-order chi connectivity index (χ1) is 7.77. The van der Waals surface area contributed by atoms with Crippen molar-refractivity contribution in [3.05, 3.63) is 53.0 Å². The van der Waals surface area contributed by atoms with Crippen LogP contribution >= 0.6 is 15.9 Å². The molecule has 0 aromatic carbocycles. The number of anilines is 1. The van der Waals surface area contributed by atoms with Crippen LogP contribution in [0.5, 0.6) is 0 Å². The van der Waals surface area contributed by atoms with E-state index < -0.39 is 0 Å². The average molecular weight is 278 g/mol. The van der Waals surface area contributed by atoms with E-state index >= 15 is 0 Å². The molecule has 2 aromatic heterocycles. The smallest absolute Gasteiger partial charge is 0.0592 e. The van der Waals surface area contributed by atoms with Crippen molar-refractivity contribution in [1.29, 1.82) is 0 Å². The average Bonchev–Trinajstić information content (AvgIpc) is 2.31. The third-order valence-corrected chi connectivity index (χ3v) is 2.92. The van der Waals surface area contributed by atoms with E-state index in [9.17, 15) is 0 Å². The zero-order valence-corrected chi connectivity index (χ0v) is 10.6. The molecular formula is C12H12BrN3. The number of halogens is 1. The van der Waals surface area contributed by atoms with Gasteiger partial charge < -0.3 is 4.90 Å². The maximum atomic E-state index is 4.10. The number of hydrogen-bond donors (Lipinski definition) is 0. The molecule has 3 nitrogen and oxygen atoms in total. The fourth-order valence-electron chi connectivity index (χ4n) is 1.53. The molecule has 0 spiro atoms. The molecule has 0 radical (unpaired) electrons. The second-order valence-electron chi connectivity index (χ2n) is 3.54. The summed E-state index contributed by atoms with van der Waals surface area (Å²) in [6.07, 6.45) is 7.26. The molecule has 0 unspecified atom stereocenters. The lowest BCUT2D eigenvalue weighted by atomic mass is 10.2.